The lowest BCUT2D eigenvalue weighted by Gasteiger charge is -2.13. The highest BCUT2D eigenvalue weighted by Gasteiger charge is 2.13. The number of hydrogen-bond donors (Lipinski definition) is 2. The van der Waals surface area contributed by atoms with Crippen LogP contribution in [-0.2, 0) is 0 Å². The van der Waals surface area contributed by atoms with Crippen molar-refractivity contribution in [1.29, 1.82) is 0 Å². The fraction of sp³-hybridized carbons (Fsp3) is 0.444. The smallest absolute Gasteiger partial charge is 0.358 e. The minimum atomic E-state index is -1.07. The van der Waals surface area contributed by atoms with Crippen LogP contribution >= 0.6 is 11.8 Å². The molecule has 1 rings (SSSR count). The molecule has 0 saturated heterocycles. The Morgan fingerprint density at radius 1 is 1.60 bits per heavy atom. The summed E-state index contributed by atoms with van der Waals surface area (Å²) in [6.45, 7) is 1.97. The second-order valence-corrected chi connectivity index (χ2v) is 3.97. The van der Waals surface area contributed by atoms with Gasteiger partial charge in [0.15, 0.2) is 11.5 Å². The van der Waals surface area contributed by atoms with E-state index in [0.29, 0.717) is 5.82 Å². The van der Waals surface area contributed by atoms with E-state index < -0.39 is 5.97 Å². The van der Waals surface area contributed by atoms with Gasteiger partial charge in [-0.3, -0.25) is 0 Å². The van der Waals surface area contributed by atoms with Gasteiger partial charge >= 0.3 is 5.97 Å². The summed E-state index contributed by atoms with van der Waals surface area (Å²) >= 11 is 1.69. The molecular formula is C9H13N3O2S. The molecular weight excluding hydrogens is 214 g/mol. The van der Waals surface area contributed by atoms with E-state index in [0.717, 1.165) is 5.75 Å². The summed E-state index contributed by atoms with van der Waals surface area (Å²) in [7, 11) is 0. The van der Waals surface area contributed by atoms with Gasteiger partial charge in [-0.05, 0) is 13.2 Å². The minimum Gasteiger partial charge on any atom is -0.476 e. The third-order valence-electron chi connectivity index (χ3n) is 1.70. The first-order chi connectivity index (χ1) is 7.15. The van der Waals surface area contributed by atoms with Crippen molar-refractivity contribution in [2.75, 3.05) is 17.3 Å². The lowest BCUT2D eigenvalue weighted by atomic mass is 10.3. The summed E-state index contributed by atoms with van der Waals surface area (Å²) in [4.78, 5) is 18.5. The molecule has 2 N–H and O–H groups in total. The zero-order chi connectivity index (χ0) is 11.3. The predicted molar refractivity (Wildman–Crippen MR) is 60.5 cm³/mol. The minimum absolute atomic E-state index is 0.0366. The molecule has 0 aliphatic carbocycles. The number of aromatic carboxylic acids is 1. The first kappa shape index (κ1) is 11.8. The molecule has 5 nitrogen and oxygen atoms in total. The van der Waals surface area contributed by atoms with E-state index >= 15 is 0 Å². The highest BCUT2D eigenvalue weighted by molar-refractivity contribution is 7.98. The average Bonchev–Trinajstić information content (AvgIpc) is 2.18. The van der Waals surface area contributed by atoms with Crippen LogP contribution in [0.5, 0.6) is 0 Å². The van der Waals surface area contributed by atoms with Crippen molar-refractivity contribution in [3.63, 3.8) is 0 Å². The quantitative estimate of drug-likeness (QED) is 0.790. The van der Waals surface area contributed by atoms with Crippen molar-refractivity contribution in [2.24, 2.45) is 0 Å². The number of anilines is 1. The summed E-state index contributed by atoms with van der Waals surface area (Å²) in [5.41, 5.74) is -0.0366. The van der Waals surface area contributed by atoms with Crippen LogP contribution in [0.15, 0.2) is 12.4 Å². The Hall–Kier alpha value is -1.30. The maximum absolute atomic E-state index is 10.8. The number of carbonyl (C=O) groups is 1. The number of thioether (sulfide) groups is 1. The molecule has 15 heavy (non-hydrogen) atoms. The number of nitrogens with zero attached hydrogens (tertiary/aromatic N) is 2. The summed E-state index contributed by atoms with van der Waals surface area (Å²) < 4.78 is 0. The van der Waals surface area contributed by atoms with E-state index in [4.69, 9.17) is 5.11 Å². The SMILES string of the molecule is CSCC(C)Nc1nccnc1C(=O)O. The average molecular weight is 227 g/mol. The van der Waals surface area contributed by atoms with Crippen molar-refractivity contribution in [3.05, 3.63) is 18.1 Å². The van der Waals surface area contributed by atoms with Gasteiger partial charge in [0.25, 0.3) is 0 Å². The predicted octanol–water partition coefficient (Wildman–Crippen LogP) is 1.34. The molecule has 0 bridgehead atoms. The highest BCUT2D eigenvalue weighted by atomic mass is 32.2. The van der Waals surface area contributed by atoms with Crippen LogP contribution in [0.4, 0.5) is 5.82 Å². The Bertz CT molecular complexity index is 346. The first-order valence-corrected chi connectivity index (χ1v) is 5.84. The summed E-state index contributed by atoms with van der Waals surface area (Å²) in [5, 5.41) is 11.9. The molecule has 1 atom stereocenters. The van der Waals surface area contributed by atoms with E-state index in [1.165, 1.54) is 12.4 Å². The standard InChI is InChI=1S/C9H13N3O2S/c1-6(5-15-2)12-8-7(9(13)14)10-3-4-11-8/h3-4,6H,5H2,1-2H3,(H,11,12)(H,13,14). The molecule has 1 aromatic rings. The maximum atomic E-state index is 10.8. The molecule has 0 radical (unpaired) electrons. The molecule has 0 amide bonds. The normalized spacial score (nSPS) is 12.1. The lowest BCUT2D eigenvalue weighted by molar-refractivity contribution is 0.0691. The fourth-order valence-electron chi connectivity index (χ4n) is 1.13. The van der Waals surface area contributed by atoms with Gasteiger partial charge in [-0.15, -0.1) is 0 Å². The number of carboxylic acid groups (broad SMARTS) is 1. The van der Waals surface area contributed by atoms with Crippen LogP contribution in [0.1, 0.15) is 17.4 Å². The van der Waals surface area contributed by atoms with Gasteiger partial charge in [0, 0.05) is 24.2 Å². The fourth-order valence-corrected chi connectivity index (χ4v) is 1.71. The van der Waals surface area contributed by atoms with Crippen molar-refractivity contribution in [2.45, 2.75) is 13.0 Å². The van der Waals surface area contributed by atoms with Crippen LogP contribution in [0.2, 0.25) is 0 Å². The summed E-state index contributed by atoms with van der Waals surface area (Å²) in [5.74, 6) is 0.142. The molecule has 0 fully saturated rings. The van der Waals surface area contributed by atoms with Gasteiger partial charge in [0.1, 0.15) is 0 Å². The number of hydrogen-bond acceptors (Lipinski definition) is 5. The molecule has 1 unspecified atom stereocenters. The molecule has 0 spiro atoms. The summed E-state index contributed by atoms with van der Waals surface area (Å²) in [6, 6.07) is 0.162. The van der Waals surface area contributed by atoms with Crippen LogP contribution in [0.25, 0.3) is 0 Å². The lowest BCUT2D eigenvalue weighted by Crippen LogP contribution is -2.21. The monoisotopic (exact) mass is 227 g/mol. The van der Waals surface area contributed by atoms with Crippen LogP contribution < -0.4 is 5.32 Å². The molecule has 0 aliphatic rings. The van der Waals surface area contributed by atoms with Crippen molar-refractivity contribution < 1.29 is 9.90 Å². The zero-order valence-electron chi connectivity index (χ0n) is 8.60. The second kappa shape index (κ2) is 5.55. The van der Waals surface area contributed by atoms with Gasteiger partial charge in [-0.1, -0.05) is 0 Å². The van der Waals surface area contributed by atoms with Gasteiger partial charge in [0.2, 0.25) is 0 Å². The Balaban J connectivity index is 2.79. The summed E-state index contributed by atoms with van der Waals surface area (Å²) in [6.07, 6.45) is 4.83. The van der Waals surface area contributed by atoms with Crippen LogP contribution in [0.3, 0.4) is 0 Å². The number of rotatable bonds is 5. The van der Waals surface area contributed by atoms with E-state index in [-0.39, 0.29) is 11.7 Å². The van der Waals surface area contributed by atoms with Crippen LogP contribution in [-0.4, -0.2) is 39.1 Å². The molecule has 1 aromatic heterocycles. The third-order valence-corrected chi connectivity index (χ3v) is 2.53. The van der Waals surface area contributed by atoms with Crippen LogP contribution in [0, 0.1) is 0 Å². The zero-order valence-corrected chi connectivity index (χ0v) is 9.41. The number of aromatic nitrogens is 2. The van der Waals surface area contributed by atoms with Crippen molar-refractivity contribution in [3.8, 4) is 0 Å². The molecule has 0 aromatic carbocycles. The van der Waals surface area contributed by atoms with E-state index in [1.807, 2.05) is 13.2 Å². The molecule has 1 heterocycles. The van der Waals surface area contributed by atoms with Crippen molar-refractivity contribution in [1.82, 2.24) is 9.97 Å². The van der Waals surface area contributed by atoms with Crippen molar-refractivity contribution >= 4 is 23.5 Å². The molecule has 6 heteroatoms. The number of nitrogens with one attached hydrogen (secondary N) is 1. The van der Waals surface area contributed by atoms with Gasteiger partial charge in [-0.2, -0.15) is 11.8 Å². The van der Waals surface area contributed by atoms with Gasteiger partial charge in [-0.25, -0.2) is 14.8 Å². The van der Waals surface area contributed by atoms with Gasteiger partial charge in [0.05, 0.1) is 0 Å². The Morgan fingerprint density at radius 2 is 2.27 bits per heavy atom. The maximum Gasteiger partial charge on any atom is 0.358 e. The Kier molecular flexibility index (Phi) is 4.36. The largest absolute Gasteiger partial charge is 0.476 e. The molecule has 0 saturated carbocycles. The highest BCUT2D eigenvalue weighted by Crippen LogP contribution is 2.11. The van der Waals surface area contributed by atoms with E-state index in [9.17, 15) is 4.79 Å². The number of carboxylic acids is 1. The first-order valence-electron chi connectivity index (χ1n) is 4.45. The third kappa shape index (κ3) is 3.39. The molecule has 0 aliphatic heterocycles. The van der Waals surface area contributed by atoms with Gasteiger partial charge < -0.3 is 10.4 Å². The Labute approximate surface area is 92.3 Å². The second-order valence-electron chi connectivity index (χ2n) is 3.06. The molecule has 82 valence electrons. The van der Waals surface area contributed by atoms with E-state index in [2.05, 4.69) is 15.3 Å². The van der Waals surface area contributed by atoms with E-state index in [1.54, 1.807) is 11.8 Å². The Morgan fingerprint density at radius 3 is 2.87 bits per heavy atom. The topological polar surface area (TPSA) is 75.1 Å².